The van der Waals surface area contributed by atoms with Crippen LogP contribution in [0.1, 0.15) is 58.3 Å². The van der Waals surface area contributed by atoms with Gasteiger partial charge >= 0.3 is 0 Å². The van der Waals surface area contributed by atoms with Crippen molar-refractivity contribution in [2.45, 2.75) is 58.3 Å². The molecule has 0 unspecified atom stereocenters. The molecule has 2 fully saturated rings. The van der Waals surface area contributed by atoms with Gasteiger partial charge in [0.2, 0.25) is 0 Å². The summed E-state index contributed by atoms with van der Waals surface area (Å²) in [6.45, 7) is 5.22. The number of aliphatic hydroxyl groups excluding tert-OH is 1. The van der Waals surface area contributed by atoms with Crippen molar-refractivity contribution in [2.75, 3.05) is 26.2 Å². The van der Waals surface area contributed by atoms with Crippen molar-refractivity contribution < 1.29 is 5.11 Å². The molecule has 0 aromatic rings. The van der Waals surface area contributed by atoms with Crippen molar-refractivity contribution >= 4 is 29.9 Å². The molecule has 0 aromatic carbocycles. The van der Waals surface area contributed by atoms with Gasteiger partial charge < -0.3 is 15.7 Å². The summed E-state index contributed by atoms with van der Waals surface area (Å²) in [5.41, 5.74) is 0.245. The Bertz CT molecular complexity index is 307. The average Bonchev–Trinajstić information content (AvgIpc) is 3.28. The number of aliphatic hydroxyl groups is 1. The van der Waals surface area contributed by atoms with Gasteiger partial charge in [-0.05, 0) is 50.4 Å². The first kappa shape index (κ1) is 19.0. The topological polar surface area (TPSA) is 56.7 Å². The molecule has 0 spiro atoms. The van der Waals surface area contributed by atoms with Crippen molar-refractivity contribution in [2.24, 2.45) is 16.3 Å². The van der Waals surface area contributed by atoms with E-state index in [0.717, 1.165) is 37.9 Å². The molecule has 2 aliphatic rings. The first-order valence-electron chi connectivity index (χ1n) is 8.41. The van der Waals surface area contributed by atoms with E-state index < -0.39 is 0 Å². The fraction of sp³-hybridized carbons (Fsp3) is 0.938. The molecule has 124 valence electrons. The van der Waals surface area contributed by atoms with Crippen LogP contribution in [0.3, 0.4) is 0 Å². The maximum atomic E-state index is 9.36. The molecule has 0 atom stereocenters. The highest BCUT2D eigenvalue weighted by atomic mass is 127. The Kier molecular flexibility index (Phi) is 8.94. The molecule has 0 bridgehead atoms. The van der Waals surface area contributed by atoms with Gasteiger partial charge in [0.15, 0.2) is 5.96 Å². The lowest BCUT2D eigenvalue weighted by atomic mass is 9.72. The lowest BCUT2D eigenvalue weighted by Gasteiger charge is -2.35. The van der Waals surface area contributed by atoms with E-state index >= 15 is 0 Å². The van der Waals surface area contributed by atoms with Crippen molar-refractivity contribution in [1.82, 2.24) is 10.6 Å². The van der Waals surface area contributed by atoms with Crippen LogP contribution in [0.25, 0.3) is 0 Å². The minimum absolute atomic E-state index is 0. The second kappa shape index (κ2) is 9.87. The molecule has 0 heterocycles. The first-order valence-corrected chi connectivity index (χ1v) is 8.41. The van der Waals surface area contributed by atoms with Crippen LogP contribution in [-0.2, 0) is 0 Å². The Morgan fingerprint density at radius 1 is 1.19 bits per heavy atom. The molecule has 0 aliphatic heterocycles. The molecule has 2 saturated carbocycles. The summed E-state index contributed by atoms with van der Waals surface area (Å²) in [5, 5.41) is 16.2. The van der Waals surface area contributed by atoms with Crippen molar-refractivity contribution in [3.8, 4) is 0 Å². The molecule has 0 radical (unpaired) electrons. The van der Waals surface area contributed by atoms with Gasteiger partial charge in [-0.3, -0.25) is 4.99 Å². The summed E-state index contributed by atoms with van der Waals surface area (Å²) < 4.78 is 0. The SMILES string of the molecule is CCNC(=NCC1(CCO)CCCCC1)NCC1CC1.I. The highest BCUT2D eigenvalue weighted by Gasteiger charge is 2.31. The van der Waals surface area contributed by atoms with Gasteiger partial charge in [0, 0.05) is 26.2 Å². The van der Waals surface area contributed by atoms with E-state index in [1.165, 1.54) is 44.9 Å². The van der Waals surface area contributed by atoms with E-state index in [9.17, 15) is 5.11 Å². The quantitative estimate of drug-likeness (QED) is 0.344. The summed E-state index contributed by atoms with van der Waals surface area (Å²) in [7, 11) is 0. The van der Waals surface area contributed by atoms with Gasteiger partial charge in [-0.2, -0.15) is 0 Å². The third-order valence-corrected chi connectivity index (χ3v) is 4.73. The molecule has 21 heavy (non-hydrogen) atoms. The molecule has 0 saturated heterocycles. The third-order valence-electron chi connectivity index (χ3n) is 4.73. The monoisotopic (exact) mass is 409 g/mol. The van der Waals surface area contributed by atoms with Crippen LogP contribution < -0.4 is 10.6 Å². The summed E-state index contributed by atoms with van der Waals surface area (Å²) in [5.74, 6) is 1.82. The minimum Gasteiger partial charge on any atom is -0.396 e. The van der Waals surface area contributed by atoms with Gasteiger partial charge in [-0.25, -0.2) is 0 Å². The lowest BCUT2D eigenvalue weighted by Crippen LogP contribution is -2.40. The summed E-state index contributed by atoms with van der Waals surface area (Å²) in [6.07, 6.45) is 10.00. The Morgan fingerprint density at radius 2 is 1.90 bits per heavy atom. The van der Waals surface area contributed by atoms with Crippen LogP contribution in [0, 0.1) is 11.3 Å². The smallest absolute Gasteiger partial charge is 0.191 e. The van der Waals surface area contributed by atoms with Crippen LogP contribution in [-0.4, -0.2) is 37.3 Å². The number of nitrogens with zero attached hydrogens (tertiary/aromatic N) is 1. The normalized spacial score (nSPS) is 21.5. The first-order chi connectivity index (χ1) is 9.78. The van der Waals surface area contributed by atoms with E-state index in [1.54, 1.807) is 0 Å². The Balaban J connectivity index is 0.00000220. The van der Waals surface area contributed by atoms with Crippen LogP contribution in [0.4, 0.5) is 0 Å². The average molecular weight is 409 g/mol. The fourth-order valence-corrected chi connectivity index (χ4v) is 3.18. The van der Waals surface area contributed by atoms with Gasteiger partial charge in [-0.15, -0.1) is 24.0 Å². The predicted octanol–water partition coefficient (Wildman–Crippen LogP) is 2.90. The maximum Gasteiger partial charge on any atom is 0.191 e. The molecule has 2 aliphatic carbocycles. The fourth-order valence-electron chi connectivity index (χ4n) is 3.18. The Hall–Kier alpha value is -0.0400. The molecular formula is C16H32IN3O. The molecule has 4 nitrogen and oxygen atoms in total. The predicted molar refractivity (Wildman–Crippen MR) is 99.3 cm³/mol. The maximum absolute atomic E-state index is 9.36. The minimum atomic E-state index is 0. The van der Waals surface area contributed by atoms with E-state index in [2.05, 4.69) is 17.6 Å². The van der Waals surface area contributed by atoms with Crippen LogP contribution in [0.15, 0.2) is 4.99 Å². The standard InChI is InChI=1S/C16H31N3O.HI/c1-2-17-15(18-12-14-6-7-14)19-13-16(10-11-20)8-4-3-5-9-16;/h14,20H,2-13H2,1H3,(H2,17,18,19);1H. The largest absolute Gasteiger partial charge is 0.396 e. The highest BCUT2D eigenvalue weighted by Crippen LogP contribution is 2.39. The second-order valence-corrected chi connectivity index (χ2v) is 6.55. The summed E-state index contributed by atoms with van der Waals surface area (Å²) in [6, 6.07) is 0. The van der Waals surface area contributed by atoms with Gasteiger partial charge in [-0.1, -0.05) is 19.3 Å². The zero-order chi connectivity index (χ0) is 14.3. The summed E-state index contributed by atoms with van der Waals surface area (Å²) in [4.78, 5) is 4.81. The van der Waals surface area contributed by atoms with E-state index in [-0.39, 0.29) is 29.4 Å². The highest BCUT2D eigenvalue weighted by molar-refractivity contribution is 14.0. The molecule has 3 N–H and O–H groups in total. The number of hydrogen-bond acceptors (Lipinski definition) is 2. The van der Waals surface area contributed by atoms with Gasteiger partial charge in [0.05, 0.1) is 0 Å². The molecular weight excluding hydrogens is 377 g/mol. The number of nitrogens with one attached hydrogen (secondary N) is 2. The molecule has 2 rings (SSSR count). The zero-order valence-electron chi connectivity index (χ0n) is 13.4. The lowest BCUT2D eigenvalue weighted by molar-refractivity contribution is 0.137. The van der Waals surface area contributed by atoms with E-state index in [0.29, 0.717) is 6.61 Å². The van der Waals surface area contributed by atoms with Crippen LogP contribution in [0.5, 0.6) is 0 Å². The van der Waals surface area contributed by atoms with Gasteiger partial charge in [0.25, 0.3) is 0 Å². The van der Waals surface area contributed by atoms with Crippen molar-refractivity contribution in [3.63, 3.8) is 0 Å². The number of hydrogen-bond donors (Lipinski definition) is 3. The number of guanidine groups is 1. The van der Waals surface area contributed by atoms with Crippen molar-refractivity contribution in [3.05, 3.63) is 0 Å². The number of aliphatic imine (C=N–C) groups is 1. The Labute approximate surface area is 146 Å². The van der Waals surface area contributed by atoms with Crippen molar-refractivity contribution in [1.29, 1.82) is 0 Å². The van der Waals surface area contributed by atoms with Crippen LogP contribution in [0.2, 0.25) is 0 Å². The van der Waals surface area contributed by atoms with E-state index in [1.807, 2.05) is 0 Å². The molecule has 5 heteroatoms. The third kappa shape index (κ3) is 6.72. The number of halogens is 1. The molecule has 0 amide bonds. The Morgan fingerprint density at radius 3 is 2.48 bits per heavy atom. The number of rotatable bonds is 7. The van der Waals surface area contributed by atoms with E-state index in [4.69, 9.17) is 4.99 Å². The molecule has 0 aromatic heterocycles. The second-order valence-electron chi connectivity index (χ2n) is 6.55. The zero-order valence-corrected chi connectivity index (χ0v) is 15.7. The van der Waals surface area contributed by atoms with Crippen LogP contribution >= 0.6 is 24.0 Å². The van der Waals surface area contributed by atoms with Gasteiger partial charge in [0.1, 0.15) is 0 Å². The summed E-state index contributed by atoms with van der Waals surface area (Å²) >= 11 is 0.